The molecule has 0 atom stereocenters. The lowest BCUT2D eigenvalue weighted by molar-refractivity contribution is 0.277. The summed E-state index contributed by atoms with van der Waals surface area (Å²) in [7, 11) is 1.58. The van der Waals surface area contributed by atoms with Crippen molar-refractivity contribution in [1.82, 2.24) is 0 Å². The summed E-state index contributed by atoms with van der Waals surface area (Å²) in [4.78, 5) is 0. The highest BCUT2D eigenvalue weighted by molar-refractivity contribution is 5.47. The van der Waals surface area contributed by atoms with Crippen LogP contribution in [0.3, 0.4) is 0 Å². The number of rotatable bonds is 4. The van der Waals surface area contributed by atoms with E-state index < -0.39 is 0 Å². The smallest absolute Gasteiger partial charge is 0.140 e. The zero-order chi connectivity index (χ0) is 11.6. The second-order valence-corrected chi connectivity index (χ2v) is 4.12. The van der Waals surface area contributed by atoms with E-state index in [1.54, 1.807) is 25.3 Å². The standard InChI is InChI=1S/C12H14N2O2/c1-15-10-3-2-9(7-13)11(6-10)16-8-12(14)4-5-12/h2-3,6H,4-5,8,14H2,1H3. The van der Waals surface area contributed by atoms with Crippen LogP contribution in [-0.4, -0.2) is 19.3 Å². The number of benzene rings is 1. The van der Waals surface area contributed by atoms with Crippen molar-refractivity contribution >= 4 is 0 Å². The Morgan fingerprint density at radius 1 is 1.50 bits per heavy atom. The number of hydrogen-bond donors (Lipinski definition) is 1. The van der Waals surface area contributed by atoms with Gasteiger partial charge >= 0.3 is 0 Å². The molecule has 2 N–H and O–H groups in total. The molecule has 0 unspecified atom stereocenters. The van der Waals surface area contributed by atoms with E-state index in [4.69, 9.17) is 20.5 Å². The van der Waals surface area contributed by atoms with Crippen LogP contribution in [0.4, 0.5) is 0 Å². The van der Waals surface area contributed by atoms with Gasteiger partial charge in [-0.2, -0.15) is 5.26 Å². The summed E-state index contributed by atoms with van der Waals surface area (Å²) in [6.07, 6.45) is 1.97. The highest BCUT2D eigenvalue weighted by Crippen LogP contribution is 2.33. The van der Waals surface area contributed by atoms with Crippen LogP contribution in [0.5, 0.6) is 11.5 Å². The van der Waals surface area contributed by atoms with Crippen LogP contribution < -0.4 is 15.2 Å². The van der Waals surface area contributed by atoms with Gasteiger partial charge in [-0.25, -0.2) is 0 Å². The third-order valence-electron chi connectivity index (χ3n) is 2.72. The molecule has 0 aromatic heterocycles. The number of nitriles is 1. The number of methoxy groups -OCH3 is 1. The van der Waals surface area contributed by atoms with Crippen LogP contribution in [0, 0.1) is 11.3 Å². The van der Waals surface area contributed by atoms with Crippen LogP contribution in [-0.2, 0) is 0 Å². The molecule has 84 valence electrons. The molecule has 4 heteroatoms. The summed E-state index contributed by atoms with van der Waals surface area (Å²) in [5, 5.41) is 8.93. The normalized spacial score (nSPS) is 16.3. The summed E-state index contributed by atoms with van der Waals surface area (Å²) >= 11 is 0. The summed E-state index contributed by atoms with van der Waals surface area (Å²) in [6, 6.07) is 7.22. The molecule has 1 aromatic carbocycles. The first-order valence-corrected chi connectivity index (χ1v) is 5.17. The Balaban J connectivity index is 2.13. The van der Waals surface area contributed by atoms with Crippen molar-refractivity contribution in [1.29, 1.82) is 5.26 Å². The minimum atomic E-state index is -0.185. The lowest BCUT2D eigenvalue weighted by atomic mass is 10.2. The van der Waals surface area contributed by atoms with Gasteiger partial charge in [0.05, 0.1) is 18.2 Å². The van der Waals surface area contributed by atoms with E-state index >= 15 is 0 Å². The second-order valence-electron chi connectivity index (χ2n) is 4.12. The van der Waals surface area contributed by atoms with E-state index in [9.17, 15) is 0 Å². The maximum atomic E-state index is 8.93. The molecular weight excluding hydrogens is 204 g/mol. The summed E-state index contributed by atoms with van der Waals surface area (Å²) in [6.45, 7) is 0.453. The summed E-state index contributed by atoms with van der Waals surface area (Å²) in [5.74, 6) is 1.22. The first-order valence-electron chi connectivity index (χ1n) is 5.17. The van der Waals surface area contributed by atoms with Gasteiger partial charge < -0.3 is 15.2 Å². The zero-order valence-electron chi connectivity index (χ0n) is 9.19. The first kappa shape index (κ1) is 10.8. The van der Waals surface area contributed by atoms with E-state index in [-0.39, 0.29) is 5.54 Å². The monoisotopic (exact) mass is 218 g/mol. The van der Waals surface area contributed by atoms with Crippen LogP contribution in [0.25, 0.3) is 0 Å². The number of nitrogens with zero attached hydrogens (tertiary/aromatic N) is 1. The average Bonchev–Trinajstić information content (AvgIpc) is 3.05. The summed E-state index contributed by atoms with van der Waals surface area (Å²) in [5.41, 5.74) is 6.24. The maximum absolute atomic E-state index is 8.93. The molecule has 16 heavy (non-hydrogen) atoms. The Kier molecular flexibility index (Phi) is 2.71. The molecule has 0 spiro atoms. The van der Waals surface area contributed by atoms with Gasteiger partial charge in [-0.1, -0.05) is 0 Å². The molecule has 1 aliphatic carbocycles. The molecule has 0 saturated heterocycles. The SMILES string of the molecule is COc1ccc(C#N)c(OCC2(N)CC2)c1. The van der Waals surface area contributed by atoms with Crippen LogP contribution >= 0.6 is 0 Å². The minimum absolute atomic E-state index is 0.185. The van der Waals surface area contributed by atoms with Crippen molar-refractivity contribution in [2.45, 2.75) is 18.4 Å². The van der Waals surface area contributed by atoms with Gasteiger partial charge in [-0.15, -0.1) is 0 Å². The van der Waals surface area contributed by atoms with Crippen LogP contribution in [0.2, 0.25) is 0 Å². The quantitative estimate of drug-likeness (QED) is 0.830. The molecule has 2 rings (SSSR count). The predicted octanol–water partition coefficient (Wildman–Crippen LogP) is 1.44. The van der Waals surface area contributed by atoms with Crippen molar-refractivity contribution in [2.75, 3.05) is 13.7 Å². The number of nitrogens with two attached hydrogens (primary N) is 1. The highest BCUT2D eigenvalue weighted by atomic mass is 16.5. The third-order valence-corrected chi connectivity index (χ3v) is 2.72. The van der Waals surface area contributed by atoms with Crippen LogP contribution in [0.1, 0.15) is 18.4 Å². The number of hydrogen-bond acceptors (Lipinski definition) is 4. The molecule has 0 aliphatic heterocycles. The van der Waals surface area contributed by atoms with Crippen molar-refractivity contribution in [3.63, 3.8) is 0 Å². The molecule has 0 radical (unpaired) electrons. The Morgan fingerprint density at radius 2 is 2.25 bits per heavy atom. The molecule has 0 heterocycles. The van der Waals surface area contributed by atoms with Gasteiger partial charge in [0.2, 0.25) is 0 Å². The van der Waals surface area contributed by atoms with Crippen LogP contribution in [0.15, 0.2) is 18.2 Å². The van der Waals surface area contributed by atoms with Crippen molar-refractivity contribution in [3.05, 3.63) is 23.8 Å². The summed E-state index contributed by atoms with van der Waals surface area (Å²) < 4.78 is 10.7. The van der Waals surface area contributed by atoms with Gasteiger partial charge in [-0.3, -0.25) is 0 Å². The number of ether oxygens (including phenoxy) is 2. The fourth-order valence-corrected chi connectivity index (χ4v) is 1.37. The molecule has 1 fully saturated rings. The lowest BCUT2D eigenvalue weighted by Gasteiger charge is -2.12. The first-order chi connectivity index (χ1) is 7.67. The fraction of sp³-hybridized carbons (Fsp3) is 0.417. The largest absolute Gasteiger partial charge is 0.497 e. The maximum Gasteiger partial charge on any atom is 0.140 e. The van der Waals surface area contributed by atoms with Gasteiger partial charge in [0.25, 0.3) is 0 Å². The molecule has 0 bridgehead atoms. The lowest BCUT2D eigenvalue weighted by Crippen LogP contribution is -2.29. The van der Waals surface area contributed by atoms with Gasteiger partial charge in [0, 0.05) is 6.07 Å². The zero-order valence-corrected chi connectivity index (χ0v) is 9.19. The van der Waals surface area contributed by atoms with Gasteiger partial charge in [0.1, 0.15) is 24.2 Å². The van der Waals surface area contributed by atoms with Gasteiger partial charge in [-0.05, 0) is 25.0 Å². The Morgan fingerprint density at radius 3 is 2.81 bits per heavy atom. The van der Waals surface area contributed by atoms with E-state index in [0.717, 1.165) is 12.8 Å². The molecule has 4 nitrogen and oxygen atoms in total. The molecule has 1 aliphatic rings. The molecule has 1 aromatic rings. The Hall–Kier alpha value is -1.73. The van der Waals surface area contributed by atoms with E-state index in [1.165, 1.54) is 0 Å². The fourth-order valence-electron chi connectivity index (χ4n) is 1.37. The molecule has 1 saturated carbocycles. The molecule has 0 amide bonds. The van der Waals surface area contributed by atoms with E-state index in [1.807, 2.05) is 0 Å². The van der Waals surface area contributed by atoms with Crippen molar-refractivity contribution in [3.8, 4) is 17.6 Å². The van der Waals surface area contributed by atoms with Crippen molar-refractivity contribution < 1.29 is 9.47 Å². The highest BCUT2D eigenvalue weighted by Gasteiger charge is 2.39. The second kappa shape index (κ2) is 4.03. The molecular formula is C12H14N2O2. The van der Waals surface area contributed by atoms with Gasteiger partial charge in [0.15, 0.2) is 0 Å². The Bertz CT molecular complexity index is 433. The Labute approximate surface area is 94.6 Å². The van der Waals surface area contributed by atoms with E-state index in [2.05, 4.69) is 6.07 Å². The minimum Gasteiger partial charge on any atom is -0.497 e. The van der Waals surface area contributed by atoms with E-state index in [0.29, 0.717) is 23.7 Å². The average molecular weight is 218 g/mol. The van der Waals surface area contributed by atoms with Crippen molar-refractivity contribution in [2.24, 2.45) is 5.73 Å². The third kappa shape index (κ3) is 2.26. The predicted molar refractivity (Wildman–Crippen MR) is 59.4 cm³/mol. The topological polar surface area (TPSA) is 68.3 Å².